The number of hydrogen-bond acceptors (Lipinski definition) is 4. The second kappa shape index (κ2) is 5.55. The highest BCUT2D eigenvalue weighted by molar-refractivity contribution is 5.95. The van der Waals surface area contributed by atoms with E-state index in [1.165, 1.54) is 7.11 Å². The fraction of sp³-hybridized carbons (Fsp3) is 0.400. The molecule has 110 valence electrons. The molecule has 1 amide bonds. The maximum atomic E-state index is 12.6. The number of fused-ring (bicyclic) bond motifs is 1. The van der Waals surface area contributed by atoms with E-state index in [1.807, 2.05) is 24.4 Å². The van der Waals surface area contributed by atoms with E-state index in [0.717, 1.165) is 12.8 Å². The van der Waals surface area contributed by atoms with E-state index in [4.69, 9.17) is 4.74 Å². The number of imidazole rings is 1. The first-order valence-electron chi connectivity index (χ1n) is 7.03. The zero-order valence-corrected chi connectivity index (χ0v) is 11.9. The first-order chi connectivity index (χ1) is 10.2. The molecule has 3 rings (SSSR count). The van der Waals surface area contributed by atoms with Crippen LogP contribution in [-0.2, 0) is 9.53 Å². The molecule has 0 saturated carbocycles. The Morgan fingerprint density at radius 2 is 2.19 bits per heavy atom. The Morgan fingerprint density at radius 3 is 2.95 bits per heavy atom. The molecule has 0 radical (unpaired) electrons. The fourth-order valence-corrected chi connectivity index (χ4v) is 2.74. The standard InChI is InChI=1S/C15H17N3O3/c1-21-15(20)12-6-2-5-9-18(12)14(19)11-10-17-8-4-3-7-13(17)16-11/h3-4,7-8,10,12H,2,5-6,9H2,1H3/t12-/m1/s1. The summed E-state index contributed by atoms with van der Waals surface area (Å²) in [5, 5.41) is 0. The van der Waals surface area contributed by atoms with Crippen molar-refractivity contribution in [2.24, 2.45) is 0 Å². The Bertz CT molecular complexity index is 647. The highest BCUT2D eigenvalue weighted by Crippen LogP contribution is 2.20. The van der Waals surface area contributed by atoms with Gasteiger partial charge in [0.05, 0.1) is 7.11 Å². The van der Waals surface area contributed by atoms with Crippen LogP contribution in [0.3, 0.4) is 0 Å². The number of nitrogens with zero attached hydrogens (tertiary/aromatic N) is 3. The average molecular weight is 287 g/mol. The predicted octanol–water partition coefficient (Wildman–Crippen LogP) is 1.50. The van der Waals surface area contributed by atoms with E-state index in [0.29, 0.717) is 24.3 Å². The molecule has 6 heteroatoms. The van der Waals surface area contributed by atoms with Crippen molar-refractivity contribution in [3.8, 4) is 0 Å². The van der Waals surface area contributed by atoms with Crippen LogP contribution in [0, 0.1) is 0 Å². The Labute approximate surface area is 122 Å². The first-order valence-corrected chi connectivity index (χ1v) is 7.03. The number of likely N-dealkylation sites (tertiary alicyclic amines) is 1. The van der Waals surface area contributed by atoms with Gasteiger partial charge in [0.2, 0.25) is 0 Å². The molecule has 6 nitrogen and oxygen atoms in total. The number of pyridine rings is 1. The Balaban J connectivity index is 1.90. The molecule has 0 aromatic carbocycles. The Hall–Kier alpha value is -2.37. The van der Waals surface area contributed by atoms with Crippen molar-refractivity contribution in [2.45, 2.75) is 25.3 Å². The third-order valence-electron chi connectivity index (χ3n) is 3.82. The number of aromatic nitrogens is 2. The lowest BCUT2D eigenvalue weighted by Crippen LogP contribution is -2.48. The molecule has 21 heavy (non-hydrogen) atoms. The summed E-state index contributed by atoms with van der Waals surface area (Å²) in [6.45, 7) is 0.562. The van der Waals surface area contributed by atoms with E-state index < -0.39 is 6.04 Å². The summed E-state index contributed by atoms with van der Waals surface area (Å²) in [5.41, 5.74) is 1.07. The molecule has 0 unspecified atom stereocenters. The van der Waals surface area contributed by atoms with Crippen LogP contribution in [0.2, 0.25) is 0 Å². The van der Waals surface area contributed by atoms with Crippen LogP contribution in [0.25, 0.3) is 5.65 Å². The lowest BCUT2D eigenvalue weighted by atomic mass is 10.0. The number of methoxy groups -OCH3 is 1. The molecule has 2 aromatic heterocycles. The number of amides is 1. The maximum Gasteiger partial charge on any atom is 0.328 e. The third kappa shape index (κ3) is 2.49. The number of carbonyl (C=O) groups is 2. The second-order valence-electron chi connectivity index (χ2n) is 5.13. The summed E-state index contributed by atoms with van der Waals surface area (Å²) < 4.78 is 6.60. The first kappa shape index (κ1) is 13.6. The molecule has 2 aromatic rings. The largest absolute Gasteiger partial charge is 0.467 e. The van der Waals surface area contributed by atoms with Crippen LogP contribution >= 0.6 is 0 Å². The van der Waals surface area contributed by atoms with Gasteiger partial charge in [-0.15, -0.1) is 0 Å². The van der Waals surface area contributed by atoms with E-state index in [2.05, 4.69) is 4.98 Å². The van der Waals surface area contributed by atoms with Crippen molar-refractivity contribution in [1.82, 2.24) is 14.3 Å². The van der Waals surface area contributed by atoms with Gasteiger partial charge in [0.1, 0.15) is 17.4 Å². The minimum atomic E-state index is -0.499. The number of rotatable bonds is 2. The van der Waals surface area contributed by atoms with Gasteiger partial charge in [-0.3, -0.25) is 4.79 Å². The normalized spacial score (nSPS) is 18.7. The maximum absolute atomic E-state index is 12.6. The summed E-state index contributed by atoms with van der Waals surface area (Å²) in [6.07, 6.45) is 6.00. The van der Waals surface area contributed by atoms with Gasteiger partial charge < -0.3 is 14.0 Å². The highest BCUT2D eigenvalue weighted by atomic mass is 16.5. The smallest absolute Gasteiger partial charge is 0.328 e. The molecule has 0 aliphatic carbocycles. The van der Waals surface area contributed by atoms with Crippen molar-refractivity contribution >= 4 is 17.5 Å². The van der Waals surface area contributed by atoms with Gasteiger partial charge in [0, 0.05) is 18.9 Å². The van der Waals surface area contributed by atoms with Crippen LogP contribution in [0.1, 0.15) is 29.8 Å². The van der Waals surface area contributed by atoms with E-state index in [9.17, 15) is 9.59 Å². The zero-order chi connectivity index (χ0) is 14.8. The topological polar surface area (TPSA) is 63.9 Å². The van der Waals surface area contributed by atoms with Crippen molar-refractivity contribution in [1.29, 1.82) is 0 Å². The summed E-state index contributed by atoms with van der Waals surface area (Å²) in [4.78, 5) is 30.4. The number of hydrogen-bond donors (Lipinski definition) is 0. The van der Waals surface area contributed by atoms with E-state index >= 15 is 0 Å². The van der Waals surface area contributed by atoms with Crippen LogP contribution in [0.4, 0.5) is 0 Å². The predicted molar refractivity (Wildman–Crippen MR) is 75.9 cm³/mol. The summed E-state index contributed by atoms with van der Waals surface area (Å²) >= 11 is 0. The molecule has 1 aliphatic heterocycles. The van der Waals surface area contributed by atoms with Crippen molar-refractivity contribution in [3.63, 3.8) is 0 Å². The van der Waals surface area contributed by atoms with Gasteiger partial charge in [0.15, 0.2) is 0 Å². The molecule has 1 aliphatic rings. The van der Waals surface area contributed by atoms with Gasteiger partial charge in [-0.25, -0.2) is 9.78 Å². The minimum absolute atomic E-state index is 0.214. The molecule has 0 spiro atoms. The molecular formula is C15H17N3O3. The number of carbonyl (C=O) groups excluding carboxylic acids is 2. The molecular weight excluding hydrogens is 270 g/mol. The second-order valence-corrected chi connectivity index (χ2v) is 5.13. The van der Waals surface area contributed by atoms with Crippen molar-refractivity contribution < 1.29 is 14.3 Å². The molecule has 3 heterocycles. The van der Waals surface area contributed by atoms with Crippen molar-refractivity contribution in [2.75, 3.05) is 13.7 Å². The number of piperidine rings is 1. The quantitative estimate of drug-likeness (QED) is 0.785. The molecule has 1 fully saturated rings. The summed E-state index contributed by atoms with van der Waals surface area (Å²) in [5.74, 6) is -0.569. The summed E-state index contributed by atoms with van der Waals surface area (Å²) in [6, 6.07) is 5.08. The lowest BCUT2D eigenvalue weighted by molar-refractivity contribution is -0.147. The minimum Gasteiger partial charge on any atom is -0.467 e. The van der Waals surface area contributed by atoms with Gasteiger partial charge in [0.25, 0.3) is 5.91 Å². The van der Waals surface area contributed by atoms with E-state index in [1.54, 1.807) is 15.5 Å². The van der Waals surface area contributed by atoms with Crippen molar-refractivity contribution in [3.05, 3.63) is 36.3 Å². The monoisotopic (exact) mass is 287 g/mol. The lowest BCUT2D eigenvalue weighted by Gasteiger charge is -2.33. The SMILES string of the molecule is COC(=O)[C@H]1CCCCN1C(=O)c1cn2ccccc2n1. The van der Waals surface area contributed by atoms with E-state index in [-0.39, 0.29) is 11.9 Å². The molecule has 0 N–H and O–H groups in total. The Morgan fingerprint density at radius 1 is 1.33 bits per heavy atom. The molecule has 1 atom stereocenters. The molecule has 1 saturated heterocycles. The van der Waals surface area contributed by atoms with Crippen LogP contribution < -0.4 is 0 Å². The zero-order valence-electron chi connectivity index (χ0n) is 11.9. The summed E-state index contributed by atoms with van der Waals surface area (Å²) in [7, 11) is 1.35. The van der Waals surface area contributed by atoms with Crippen LogP contribution in [-0.4, -0.2) is 45.9 Å². The average Bonchev–Trinajstić information content (AvgIpc) is 2.97. The third-order valence-corrected chi connectivity index (χ3v) is 3.82. The number of ether oxygens (including phenoxy) is 1. The number of esters is 1. The van der Waals surface area contributed by atoms with Gasteiger partial charge >= 0.3 is 5.97 Å². The van der Waals surface area contributed by atoms with Gasteiger partial charge in [-0.1, -0.05) is 6.07 Å². The van der Waals surface area contributed by atoms with Crippen LogP contribution in [0.15, 0.2) is 30.6 Å². The fourth-order valence-electron chi connectivity index (χ4n) is 2.74. The molecule has 0 bridgehead atoms. The van der Waals surface area contributed by atoms with Gasteiger partial charge in [-0.2, -0.15) is 0 Å². The Kier molecular flexibility index (Phi) is 3.60. The van der Waals surface area contributed by atoms with Gasteiger partial charge in [-0.05, 0) is 31.4 Å². The highest BCUT2D eigenvalue weighted by Gasteiger charge is 2.34. The van der Waals surface area contributed by atoms with Crippen LogP contribution in [0.5, 0.6) is 0 Å².